The van der Waals surface area contributed by atoms with Crippen LogP contribution in [0.3, 0.4) is 0 Å². The molecule has 7 heteroatoms. The molecule has 144 valence electrons. The standard InChI is InChI=1S/C19H29FN4OS/c1-15-3-4-16(11-17(15)20)12-22-18(21-2)23-13-19(5-10-26-14-19)24-6-8-25-9-7-24/h3-4,11H,5-10,12-14H2,1-2H3,(H2,21,22,23). The summed E-state index contributed by atoms with van der Waals surface area (Å²) >= 11 is 2.02. The van der Waals surface area contributed by atoms with Gasteiger partial charge in [0.15, 0.2) is 5.96 Å². The van der Waals surface area contributed by atoms with Gasteiger partial charge in [-0.25, -0.2) is 4.39 Å². The lowest BCUT2D eigenvalue weighted by Gasteiger charge is -2.43. The molecular weight excluding hydrogens is 351 g/mol. The lowest BCUT2D eigenvalue weighted by Crippen LogP contribution is -2.60. The Hall–Kier alpha value is -1.31. The van der Waals surface area contributed by atoms with Crippen LogP contribution in [0.15, 0.2) is 23.2 Å². The van der Waals surface area contributed by atoms with E-state index in [1.54, 1.807) is 20.0 Å². The molecule has 0 amide bonds. The first kappa shape index (κ1) is 19.5. The van der Waals surface area contributed by atoms with Crippen LogP contribution in [0.4, 0.5) is 4.39 Å². The maximum absolute atomic E-state index is 13.7. The van der Waals surface area contributed by atoms with Crippen molar-refractivity contribution >= 4 is 17.7 Å². The summed E-state index contributed by atoms with van der Waals surface area (Å²) in [5, 5.41) is 6.79. The SMILES string of the molecule is CN=C(NCc1ccc(C)c(F)c1)NCC1(N2CCOCC2)CCSC1. The van der Waals surface area contributed by atoms with Crippen molar-refractivity contribution in [2.75, 3.05) is 51.4 Å². The smallest absolute Gasteiger partial charge is 0.191 e. The van der Waals surface area contributed by atoms with Gasteiger partial charge in [0.2, 0.25) is 0 Å². The number of benzene rings is 1. The van der Waals surface area contributed by atoms with Crippen molar-refractivity contribution in [1.82, 2.24) is 15.5 Å². The highest BCUT2D eigenvalue weighted by Crippen LogP contribution is 2.33. The van der Waals surface area contributed by atoms with E-state index in [-0.39, 0.29) is 11.4 Å². The highest BCUT2D eigenvalue weighted by Gasteiger charge is 2.40. The van der Waals surface area contributed by atoms with Gasteiger partial charge in [-0.3, -0.25) is 9.89 Å². The Bertz CT molecular complexity index is 628. The lowest BCUT2D eigenvalue weighted by atomic mass is 9.95. The monoisotopic (exact) mass is 380 g/mol. The summed E-state index contributed by atoms with van der Waals surface area (Å²) in [6.45, 7) is 6.82. The molecule has 1 aromatic carbocycles. The minimum absolute atomic E-state index is 0.165. The van der Waals surface area contributed by atoms with Crippen molar-refractivity contribution in [2.24, 2.45) is 4.99 Å². The molecular formula is C19H29FN4OS. The number of guanidine groups is 1. The van der Waals surface area contributed by atoms with E-state index >= 15 is 0 Å². The highest BCUT2D eigenvalue weighted by atomic mass is 32.2. The molecule has 1 atom stereocenters. The Morgan fingerprint density at radius 2 is 2.15 bits per heavy atom. The fourth-order valence-corrected chi connectivity index (χ4v) is 5.01. The molecule has 0 aliphatic carbocycles. The Kier molecular flexibility index (Phi) is 6.78. The minimum Gasteiger partial charge on any atom is -0.379 e. The predicted octanol–water partition coefficient (Wildman–Crippen LogP) is 2.01. The zero-order chi connectivity index (χ0) is 18.4. The van der Waals surface area contributed by atoms with Gasteiger partial charge in [-0.2, -0.15) is 11.8 Å². The van der Waals surface area contributed by atoms with E-state index in [1.165, 1.54) is 12.2 Å². The van der Waals surface area contributed by atoms with E-state index in [4.69, 9.17) is 4.74 Å². The Morgan fingerprint density at radius 3 is 2.81 bits per heavy atom. The molecule has 0 spiro atoms. The fourth-order valence-electron chi connectivity index (χ4n) is 3.54. The van der Waals surface area contributed by atoms with Gasteiger partial charge in [0.05, 0.1) is 13.2 Å². The maximum Gasteiger partial charge on any atom is 0.191 e. The molecule has 5 nitrogen and oxygen atoms in total. The van der Waals surface area contributed by atoms with Crippen LogP contribution < -0.4 is 10.6 Å². The predicted molar refractivity (Wildman–Crippen MR) is 106 cm³/mol. The fraction of sp³-hybridized carbons (Fsp3) is 0.632. The molecule has 2 aliphatic heterocycles. The second-order valence-electron chi connectivity index (χ2n) is 6.99. The summed E-state index contributed by atoms with van der Waals surface area (Å²) in [7, 11) is 1.77. The summed E-state index contributed by atoms with van der Waals surface area (Å²) in [5.41, 5.74) is 1.75. The Morgan fingerprint density at radius 1 is 1.35 bits per heavy atom. The number of nitrogens with one attached hydrogen (secondary N) is 2. The quantitative estimate of drug-likeness (QED) is 0.605. The number of aliphatic imine (C=N–C) groups is 1. The third-order valence-electron chi connectivity index (χ3n) is 5.27. The number of hydrogen-bond acceptors (Lipinski definition) is 4. The number of rotatable bonds is 5. The molecule has 2 aliphatic rings. The van der Waals surface area contributed by atoms with Crippen LogP contribution >= 0.6 is 11.8 Å². The third kappa shape index (κ3) is 4.69. The third-order valence-corrected chi connectivity index (χ3v) is 6.50. The number of nitrogens with zero attached hydrogens (tertiary/aromatic N) is 2. The van der Waals surface area contributed by atoms with Crippen LogP contribution in [-0.4, -0.2) is 67.8 Å². The van der Waals surface area contributed by atoms with Crippen LogP contribution in [0.2, 0.25) is 0 Å². The molecule has 26 heavy (non-hydrogen) atoms. The van der Waals surface area contributed by atoms with Gasteiger partial charge in [0, 0.05) is 44.5 Å². The summed E-state index contributed by atoms with van der Waals surface area (Å²) in [6, 6.07) is 5.34. The molecule has 0 bridgehead atoms. The van der Waals surface area contributed by atoms with Gasteiger partial charge in [0.1, 0.15) is 5.82 Å². The summed E-state index contributed by atoms with van der Waals surface area (Å²) in [4.78, 5) is 6.91. The summed E-state index contributed by atoms with van der Waals surface area (Å²) < 4.78 is 19.2. The maximum atomic E-state index is 13.7. The molecule has 2 saturated heterocycles. The van der Waals surface area contributed by atoms with E-state index in [0.29, 0.717) is 12.1 Å². The van der Waals surface area contributed by atoms with Crippen molar-refractivity contribution in [2.45, 2.75) is 25.4 Å². The molecule has 0 radical (unpaired) electrons. The van der Waals surface area contributed by atoms with Gasteiger partial charge in [0.25, 0.3) is 0 Å². The molecule has 2 heterocycles. The normalized spacial score (nSPS) is 24.7. The number of morpholine rings is 1. The van der Waals surface area contributed by atoms with Gasteiger partial charge in [-0.05, 0) is 36.3 Å². The zero-order valence-corrected chi connectivity index (χ0v) is 16.5. The van der Waals surface area contributed by atoms with Crippen LogP contribution in [0.1, 0.15) is 17.5 Å². The van der Waals surface area contributed by atoms with Crippen molar-refractivity contribution < 1.29 is 9.13 Å². The zero-order valence-electron chi connectivity index (χ0n) is 15.7. The number of hydrogen-bond donors (Lipinski definition) is 2. The topological polar surface area (TPSA) is 48.9 Å². The molecule has 0 saturated carbocycles. The van der Waals surface area contributed by atoms with Gasteiger partial charge >= 0.3 is 0 Å². The Labute approximate surface area is 159 Å². The van der Waals surface area contributed by atoms with Crippen LogP contribution in [0.5, 0.6) is 0 Å². The molecule has 3 rings (SSSR count). The molecule has 2 fully saturated rings. The van der Waals surface area contributed by atoms with Crippen molar-refractivity contribution in [1.29, 1.82) is 0 Å². The van der Waals surface area contributed by atoms with E-state index in [2.05, 4.69) is 20.5 Å². The second-order valence-corrected chi connectivity index (χ2v) is 8.09. The van der Waals surface area contributed by atoms with Gasteiger partial charge in [-0.1, -0.05) is 12.1 Å². The Balaban J connectivity index is 1.56. The van der Waals surface area contributed by atoms with E-state index < -0.39 is 0 Å². The number of ether oxygens (including phenoxy) is 1. The summed E-state index contributed by atoms with van der Waals surface area (Å²) in [6.07, 6.45) is 1.19. The van der Waals surface area contributed by atoms with Crippen molar-refractivity contribution in [3.63, 3.8) is 0 Å². The van der Waals surface area contributed by atoms with Gasteiger partial charge in [-0.15, -0.1) is 0 Å². The van der Waals surface area contributed by atoms with Crippen LogP contribution in [0.25, 0.3) is 0 Å². The first-order chi connectivity index (χ1) is 12.6. The van der Waals surface area contributed by atoms with E-state index in [9.17, 15) is 4.39 Å². The first-order valence-corrected chi connectivity index (χ1v) is 10.4. The van der Waals surface area contributed by atoms with E-state index in [0.717, 1.165) is 50.1 Å². The average Bonchev–Trinajstić information content (AvgIpc) is 3.15. The lowest BCUT2D eigenvalue weighted by molar-refractivity contribution is -0.0120. The highest BCUT2D eigenvalue weighted by molar-refractivity contribution is 7.99. The number of thioether (sulfide) groups is 1. The van der Waals surface area contributed by atoms with Crippen LogP contribution in [0, 0.1) is 12.7 Å². The first-order valence-electron chi connectivity index (χ1n) is 9.23. The molecule has 0 aromatic heterocycles. The molecule has 2 N–H and O–H groups in total. The van der Waals surface area contributed by atoms with Crippen LogP contribution in [-0.2, 0) is 11.3 Å². The average molecular weight is 381 g/mol. The second kappa shape index (κ2) is 9.06. The molecule has 1 aromatic rings. The van der Waals surface area contributed by atoms with Gasteiger partial charge < -0.3 is 15.4 Å². The van der Waals surface area contributed by atoms with Crippen molar-refractivity contribution in [3.05, 3.63) is 35.1 Å². The number of aryl methyl sites for hydroxylation is 1. The van der Waals surface area contributed by atoms with Crippen molar-refractivity contribution in [3.8, 4) is 0 Å². The number of halogens is 1. The minimum atomic E-state index is -0.165. The molecule has 1 unspecified atom stereocenters. The summed E-state index contributed by atoms with van der Waals surface area (Å²) in [5.74, 6) is 2.94. The largest absolute Gasteiger partial charge is 0.379 e. The van der Waals surface area contributed by atoms with E-state index in [1.807, 2.05) is 23.9 Å².